The molecule has 1 saturated carbocycles. The zero-order chi connectivity index (χ0) is 18.9. The number of benzene rings is 1. The number of carbonyl (C=O) groups excluding carboxylic acids is 1. The summed E-state index contributed by atoms with van der Waals surface area (Å²) in [5.74, 6) is 2.48. The first-order chi connectivity index (χ1) is 13.1. The quantitative estimate of drug-likeness (QED) is 0.777. The van der Waals surface area contributed by atoms with Crippen LogP contribution in [0.25, 0.3) is 0 Å². The maximum Gasteiger partial charge on any atom is 0.260 e. The van der Waals surface area contributed by atoms with Gasteiger partial charge in [-0.05, 0) is 31.4 Å². The van der Waals surface area contributed by atoms with Crippen LogP contribution in [-0.4, -0.2) is 47.8 Å². The number of para-hydroxylation sites is 1. The van der Waals surface area contributed by atoms with Gasteiger partial charge in [0.05, 0.1) is 0 Å². The van der Waals surface area contributed by atoms with E-state index in [0.29, 0.717) is 37.7 Å². The van der Waals surface area contributed by atoms with Crippen LogP contribution in [0.3, 0.4) is 0 Å². The Labute approximate surface area is 158 Å². The van der Waals surface area contributed by atoms with Crippen molar-refractivity contribution < 1.29 is 18.8 Å². The van der Waals surface area contributed by atoms with Crippen molar-refractivity contribution in [2.24, 2.45) is 0 Å². The molecule has 0 bridgehead atoms. The number of hydrogen-bond acceptors (Lipinski definition) is 6. The number of amides is 1. The fraction of sp³-hybridized carbons (Fsp3) is 0.550. The molecule has 0 atom stereocenters. The Morgan fingerprint density at radius 2 is 2.04 bits per heavy atom. The molecule has 0 radical (unpaired) electrons. The van der Waals surface area contributed by atoms with E-state index in [1.165, 1.54) is 0 Å². The van der Waals surface area contributed by atoms with Gasteiger partial charge in [0.15, 0.2) is 12.4 Å². The van der Waals surface area contributed by atoms with Crippen LogP contribution in [-0.2, 0) is 15.1 Å². The lowest BCUT2D eigenvalue weighted by atomic mass is 9.91. The molecular weight excluding hydrogens is 346 g/mol. The second-order valence-corrected chi connectivity index (χ2v) is 7.37. The van der Waals surface area contributed by atoms with E-state index in [4.69, 9.17) is 14.0 Å². The first kappa shape index (κ1) is 18.0. The third kappa shape index (κ3) is 3.69. The van der Waals surface area contributed by atoms with Crippen LogP contribution in [0.2, 0.25) is 0 Å². The Balaban J connectivity index is 1.35. The molecule has 1 amide bonds. The van der Waals surface area contributed by atoms with Crippen LogP contribution in [0.15, 0.2) is 28.8 Å². The summed E-state index contributed by atoms with van der Waals surface area (Å²) in [6.07, 6.45) is 3.52. The maximum absolute atomic E-state index is 12.5. The van der Waals surface area contributed by atoms with E-state index in [2.05, 4.69) is 10.1 Å². The highest BCUT2D eigenvalue weighted by molar-refractivity contribution is 5.78. The van der Waals surface area contributed by atoms with E-state index in [0.717, 1.165) is 30.0 Å². The van der Waals surface area contributed by atoms with Gasteiger partial charge in [0.25, 0.3) is 11.8 Å². The van der Waals surface area contributed by atoms with E-state index in [9.17, 15) is 4.79 Å². The smallest absolute Gasteiger partial charge is 0.260 e. The second kappa shape index (κ2) is 7.31. The van der Waals surface area contributed by atoms with Gasteiger partial charge in [-0.2, -0.15) is 4.98 Å². The molecule has 0 unspecified atom stereocenters. The zero-order valence-corrected chi connectivity index (χ0v) is 15.8. The van der Waals surface area contributed by atoms with Crippen LogP contribution >= 0.6 is 0 Å². The summed E-state index contributed by atoms with van der Waals surface area (Å²) in [4.78, 5) is 18.9. The van der Waals surface area contributed by atoms with Crippen LogP contribution in [0.4, 0.5) is 0 Å². The Bertz CT molecular complexity index is 807. The van der Waals surface area contributed by atoms with Gasteiger partial charge in [0.1, 0.15) is 11.4 Å². The summed E-state index contributed by atoms with van der Waals surface area (Å²) >= 11 is 0. The first-order valence-corrected chi connectivity index (χ1v) is 9.47. The molecule has 7 heteroatoms. The van der Waals surface area contributed by atoms with Gasteiger partial charge in [0.2, 0.25) is 0 Å². The highest BCUT2D eigenvalue weighted by Crippen LogP contribution is 2.41. The van der Waals surface area contributed by atoms with Gasteiger partial charge in [-0.1, -0.05) is 23.4 Å². The fourth-order valence-electron chi connectivity index (χ4n) is 3.50. The molecule has 1 aliphatic heterocycles. The van der Waals surface area contributed by atoms with Crippen molar-refractivity contribution >= 4 is 5.91 Å². The van der Waals surface area contributed by atoms with Crippen LogP contribution in [0.5, 0.6) is 5.75 Å². The molecular formula is C20H25N3O4. The number of methoxy groups -OCH3 is 1. The SMILES string of the molecule is COC1(c2nc(C3CC3)no2)CCN(C(=O)COc2ccccc2C)CC1. The van der Waals surface area contributed by atoms with Crippen molar-refractivity contribution in [2.45, 2.75) is 44.1 Å². The summed E-state index contributed by atoms with van der Waals surface area (Å²) in [6, 6.07) is 7.70. The van der Waals surface area contributed by atoms with Crippen molar-refractivity contribution in [3.8, 4) is 5.75 Å². The molecule has 144 valence electrons. The van der Waals surface area contributed by atoms with Crippen LogP contribution in [0.1, 0.15) is 48.9 Å². The van der Waals surface area contributed by atoms with Crippen molar-refractivity contribution in [1.82, 2.24) is 15.0 Å². The molecule has 4 rings (SSSR count). The van der Waals surface area contributed by atoms with Crippen molar-refractivity contribution in [3.05, 3.63) is 41.5 Å². The third-order valence-corrected chi connectivity index (χ3v) is 5.53. The lowest BCUT2D eigenvalue weighted by Crippen LogP contribution is -2.47. The topological polar surface area (TPSA) is 77.7 Å². The number of likely N-dealkylation sites (tertiary alicyclic amines) is 1. The number of piperidine rings is 1. The van der Waals surface area contributed by atoms with E-state index in [1.807, 2.05) is 36.1 Å². The molecule has 1 saturated heterocycles. The third-order valence-electron chi connectivity index (χ3n) is 5.53. The molecule has 1 aromatic heterocycles. The second-order valence-electron chi connectivity index (χ2n) is 7.37. The molecule has 2 heterocycles. The minimum Gasteiger partial charge on any atom is -0.484 e. The number of ether oxygens (including phenoxy) is 2. The summed E-state index contributed by atoms with van der Waals surface area (Å²) < 4.78 is 17.0. The highest BCUT2D eigenvalue weighted by Gasteiger charge is 2.43. The lowest BCUT2D eigenvalue weighted by Gasteiger charge is -2.38. The number of hydrogen-bond donors (Lipinski definition) is 0. The molecule has 0 N–H and O–H groups in total. The van der Waals surface area contributed by atoms with Gasteiger partial charge in [-0.15, -0.1) is 0 Å². The van der Waals surface area contributed by atoms with E-state index < -0.39 is 5.60 Å². The molecule has 2 aromatic rings. The normalized spacial score (nSPS) is 19.1. The highest BCUT2D eigenvalue weighted by atomic mass is 16.5. The standard InChI is InChI=1S/C20H25N3O4/c1-14-5-3-4-6-16(14)26-13-17(24)23-11-9-20(25-2,10-12-23)19-21-18(22-27-19)15-7-8-15/h3-6,15H,7-13H2,1-2H3. The number of rotatable bonds is 6. The summed E-state index contributed by atoms with van der Waals surface area (Å²) in [7, 11) is 1.67. The van der Waals surface area contributed by atoms with Crippen molar-refractivity contribution in [2.75, 3.05) is 26.8 Å². The molecule has 0 spiro atoms. The van der Waals surface area contributed by atoms with Crippen LogP contribution in [0, 0.1) is 6.92 Å². The van der Waals surface area contributed by atoms with E-state index in [-0.39, 0.29) is 12.5 Å². The molecule has 1 aromatic carbocycles. The Morgan fingerprint density at radius 3 is 2.70 bits per heavy atom. The van der Waals surface area contributed by atoms with Gasteiger partial charge >= 0.3 is 0 Å². The predicted octanol–water partition coefficient (Wildman–Crippen LogP) is 2.80. The number of aryl methyl sites for hydroxylation is 1. The number of nitrogens with zero attached hydrogens (tertiary/aromatic N) is 3. The monoisotopic (exact) mass is 371 g/mol. The van der Waals surface area contributed by atoms with Crippen molar-refractivity contribution in [3.63, 3.8) is 0 Å². The zero-order valence-electron chi connectivity index (χ0n) is 15.8. The lowest BCUT2D eigenvalue weighted by molar-refractivity contribution is -0.141. The summed E-state index contributed by atoms with van der Waals surface area (Å²) in [6.45, 7) is 3.15. The number of carbonyl (C=O) groups is 1. The Kier molecular flexibility index (Phi) is 4.86. The fourth-order valence-corrected chi connectivity index (χ4v) is 3.50. The van der Waals surface area contributed by atoms with Gasteiger partial charge < -0.3 is 18.9 Å². The maximum atomic E-state index is 12.5. The van der Waals surface area contributed by atoms with E-state index >= 15 is 0 Å². The molecule has 7 nitrogen and oxygen atoms in total. The predicted molar refractivity (Wildman–Crippen MR) is 97.4 cm³/mol. The molecule has 2 aliphatic rings. The van der Waals surface area contributed by atoms with Crippen molar-refractivity contribution in [1.29, 1.82) is 0 Å². The van der Waals surface area contributed by atoms with Crippen LogP contribution < -0.4 is 4.74 Å². The minimum absolute atomic E-state index is 0.0212. The average Bonchev–Trinajstić information content (AvgIpc) is 3.43. The largest absolute Gasteiger partial charge is 0.484 e. The minimum atomic E-state index is -0.603. The van der Waals surface area contributed by atoms with Gasteiger partial charge in [0, 0.05) is 39.0 Å². The Morgan fingerprint density at radius 1 is 1.30 bits per heavy atom. The molecule has 27 heavy (non-hydrogen) atoms. The van der Waals surface area contributed by atoms with Gasteiger partial charge in [-0.25, -0.2) is 0 Å². The van der Waals surface area contributed by atoms with Gasteiger partial charge in [-0.3, -0.25) is 4.79 Å². The summed E-state index contributed by atoms with van der Waals surface area (Å²) in [5, 5.41) is 4.11. The molecule has 2 fully saturated rings. The summed E-state index contributed by atoms with van der Waals surface area (Å²) in [5.41, 5.74) is 0.415. The number of aromatic nitrogens is 2. The Hall–Kier alpha value is -2.41. The first-order valence-electron chi connectivity index (χ1n) is 9.47. The average molecular weight is 371 g/mol. The van der Waals surface area contributed by atoms with E-state index in [1.54, 1.807) is 7.11 Å². The molecule has 1 aliphatic carbocycles.